The Kier molecular flexibility index (Phi) is 1.33. The van der Waals surface area contributed by atoms with Crippen LogP contribution in [-0.2, 0) is 6.32 Å². The Morgan fingerprint density at radius 2 is 2.50 bits per heavy atom. The van der Waals surface area contributed by atoms with Gasteiger partial charge in [0.25, 0.3) is 0 Å². The molecule has 1 rings (SSSR count). The summed E-state index contributed by atoms with van der Waals surface area (Å²) in [5.41, 5.74) is 0. The first-order valence-electron chi connectivity index (χ1n) is 2.32. The highest BCUT2D eigenvalue weighted by Crippen LogP contribution is 1.92. The van der Waals surface area contributed by atoms with Crippen molar-refractivity contribution in [3.8, 4) is 0 Å². The second-order valence-corrected chi connectivity index (χ2v) is 1.44. The lowest BCUT2D eigenvalue weighted by Crippen LogP contribution is -1.81. The van der Waals surface area contributed by atoms with E-state index in [-0.39, 0.29) is 0 Å². The van der Waals surface area contributed by atoms with Gasteiger partial charge < -0.3 is 4.52 Å². The lowest BCUT2D eigenvalue weighted by atomic mass is 10.1. The van der Waals surface area contributed by atoms with Crippen LogP contribution in [0.5, 0.6) is 0 Å². The van der Waals surface area contributed by atoms with Crippen molar-refractivity contribution in [3.05, 3.63) is 11.7 Å². The van der Waals surface area contributed by atoms with Crippen LogP contribution in [0.15, 0.2) is 4.52 Å². The molecule has 0 aliphatic heterocycles. The van der Waals surface area contributed by atoms with Gasteiger partial charge >= 0.3 is 0 Å². The summed E-state index contributed by atoms with van der Waals surface area (Å²) in [5.74, 6) is 1.12. The Bertz CT molecular complexity index is 174. The zero-order valence-electron chi connectivity index (χ0n) is 4.59. The molecule has 0 bridgehead atoms. The fourth-order valence-corrected chi connectivity index (χ4v) is 0.423. The van der Waals surface area contributed by atoms with Gasteiger partial charge in [-0.15, -0.1) is 0 Å². The highest BCUT2D eigenvalue weighted by molar-refractivity contribution is 6.07. The molecule has 0 saturated carbocycles. The van der Waals surface area contributed by atoms with E-state index < -0.39 is 0 Å². The zero-order chi connectivity index (χ0) is 5.98. The average molecular weight is 108 g/mol. The fraction of sp³-hybridized carbons (Fsp3) is 0.500. The fourth-order valence-electron chi connectivity index (χ4n) is 0.423. The van der Waals surface area contributed by atoms with Crippen LogP contribution in [0.1, 0.15) is 11.7 Å². The van der Waals surface area contributed by atoms with Crippen molar-refractivity contribution < 1.29 is 4.52 Å². The van der Waals surface area contributed by atoms with Gasteiger partial charge in [-0.1, -0.05) is 5.16 Å². The quantitative estimate of drug-likeness (QED) is 0.477. The van der Waals surface area contributed by atoms with Crippen molar-refractivity contribution in [1.82, 2.24) is 10.1 Å². The topological polar surface area (TPSA) is 38.9 Å². The van der Waals surface area contributed by atoms with E-state index in [9.17, 15) is 0 Å². The SMILES string of the molecule is [B]Cc1nc(C)no1. The van der Waals surface area contributed by atoms with E-state index in [0.717, 1.165) is 0 Å². The molecule has 0 spiro atoms. The number of nitrogens with zero attached hydrogens (tertiary/aromatic N) is 2. The molecule has 1 heterocycles. The third-order valence-corrected chi connectivity index (χ3v) is 0.744. The highest BCUT2D eigenvalue weighted by Gasteiger charge is 1.95. The first kappa shape index (κ1) is 5.34. The van der Waals surface area contributed by atoms with Gasteiger partial charge in [-0.2, -0.15) is 4.98 Å². The standard InChI is InChI=1S/C4H5BN2O/c1-3-6-4(2-5)8-7-3/h2H2,1H3. The lowest BCUT2D eigenvalue weighted by molar-refractivity contribution is 0.386. The highest BCUT2D eigenvalue weighted by atomic mass is 16.5. The molecule has 0 aromatic carbocycles. The molecule has 2 radical (unpaired) electrons. The van der Waals surface area contributed by atoms with Crippen LogP contribution in [0.4, 0.5) is 0 Å². The van der Waals surface area contributed by atoms with Crippen LogP contribution in [0.25, 0.3) is 0 Å². The molecular weight excluding hydrogens is 103 g/mol. The Balaban J connectivity index is 2.84. The number of rotatable bonds is 1. The summed E-state index contributed by atoms with van der Waals surface area (Å²) in [7, 11) is 5.17. The van der Waals surface area contributed by atoms with E-state index >= 15 is 0 Å². The molecule has 0 saturated heterocycles. The van der Waals surface area contributed by atoms with Gasteiger partial charge in [0, 0.05) is 0 Å². The van der Waals surface area contributed by atoms with Crippen LogP contribution in [0.3, 0.4) is 0 Å². The van der Waals surface area contributed by atoms with E-state index in [2.05, 4.69) is 14.7 Å². The van der Waals surface area contributed by atoms with Crippen LogP contribution in [0, 0.1) is 6.92 Å². The molecule has 0 fully saturated rings. The lowest BCUT2D eigenvalue weighted by Gasteiger charge is -1.75. The molecule has 40 valence electrons. The summed E-state index contributed by atoms with van der Waals surface area (Å²) in [5, 5.41) is 3.52. The molecule has 1 aromatic heterocycles. The van der Waals surface area contributed by atoms with Crippen LogP contribution in [0.2, 0.25) is 0 Å². The maximum atomic E-state index is 5.17. The summed E-state index contributed by atoms with van der Waals surface area (Å²) in [4.78, 5) is 3.83. The largest absolute Gasteiger partial charge is 0.340 e. The molecule has 0 unspecified atom stereocenters. The minimum Gasteiger partial charge on any atom is -0.340 e. The van der Waals surface area contributed by atoms with Gasteiger partial charge in [0.1, 0.15) is 0 Å². The molecule has 3 nitrogen and oxygen atoms in total. The molecule has 8 heavy (non-hydrogen) atoms. The maximum absolute atomic E-state index is 5.17. The van der Waals surface area contributed by atoms with Crippen molar-refractivity contribution in [2.75, 3.05) is 0 Å². The minimum absolute atomic E-state index is 0.320. The molecule has 0 amide bonds. The number of aromatic nitrogens is 2. The summed E-state index contributed by atoms with van der Waals surface area (Å²) in [6.45, 7) is 1.75. The first-order valence-corrected chi connectivity index (χ1v) is 2.32. The van der Waals surface area contributed by atoms with E-state index in [4.69, 9.17) is 7.85 Å². The monoisotopic (exact) mass is 108 g/mol. The zero-order valence-corrected chi connectivity index (χ0v) is 4.59. The van der Waals surface area contributed by atoms with Crippen molar-refractivity contribution >= 4 is 7.85 Å². The summed E-state index contributed by atoms with van der Waals surface area (Å²) in [6.07, 6.45) is 0.320. The number of hydrogen-bond acceptors (Lipinski definition) is 3. The van der Waals surface area contributed by atoms with E-state index in [1.165, 1.54) is 0 Å². The number of aryl methyl sites for hydroxylation is 1. The normalized spacial score (nSPS) is 9.62. The predicted octanol–water partition coefficient (Wildman–Crippen LogP) is 0.0465. The van der Waals surface area contributed by atoms with Gasteiger partial charge in [0.15, 0.2) is 5.82 Å². The number of hydrogen-bond donors (Lipinski definition) is 0. The molecule has 4 heteroatoms. The summed E-state index contributed by atoms with van der Waals surface area (Å²) < 4.78 is 4.63. The van der Waals surface area contributed by atoms with E-state index in [1.54, 1.807) is 6.92 Å². The van der Waals surface area contributed by atoms with Crippen molar-refractivity contribution in [3.63, 3.8) is 0 Å². The Morgan fingerprint density at radius 1 is 1.75 bits per heavy atom. The van der Waals surface area contributed by atoms with Crippen LogP contribution >= 0.6 is 0 Å². The first-order chi connectivity index (χ1) is 3.83. The van der Waals surface area contributed by atoms with Crippen LogP contribution in [-0.4, -0.2) is 18.0 Å². The van der Waals surface area contributed by atoms with E-state index in [0.29, 0.717) is 18.0 Å². The van der Waals surface area contributed by atoms with Gasteiger partial charge in [0.05, 0.1) is 7.85 Å². The second-order valence-electron chi connectivity index (χ2n) is 1.44. The Morgan fingerprint density at radius 3 is 2.75 bits per heavy atom. The Hall–Kier alpha value is -0.795. The molecule has 0 N–H and O–H groups in total. The predicted molar refractivity (Wildman–Crippen MR) is 28.5 cm³/mol. The maximum Gasteiger partial charge on any atom is 0.217 e. The smallest absolute Gasteiger partial charge is 0.217 e. The van der Waals surface area contributed by atoms with Crippen molar-refractivity contribution in [2.45, 2.75) is 13.2 Å². The van der Waals surface area contributed by atoms with Gasteiger partial charge in [-0.25, -0.2) is 0 Å². The van der Waals surface area contributed by atoms with Crippen LogP contribution < -0.4 is 0 Å². The third-order valence-electron chi connectivity index (χ3n) is 0.744. The molecule has 0 atom stereocenters. The minimum atomic E-state index is 0.320. The van der Waals surface area contributed by atoms with Crippen molar-refractivity contribution in [2.24, 2.45) is 0 Å². The van der Waals surface area contributed by atoms with Gasteiger partial charge in [-0.05, 0) is 13.2 Å². The molecule has 0 aliphatic rings. The van der Waals surface area contributed by atoms with E-state index in [1.807, 2.05) is 0 Å². The third kappa shape index (κ3) is 0.884. The molecular formula is C4H5BN2O. The van der Waals surface area contributed by atoms with Crippen molar-refractivity contribution in [1.29, 1.82) is 0 Å². The summed E-state index contributed by atoms with van der Waals surface area (Å²) in [6, 6.07) is 0. The average Bonchev–Trinajstić information content (AvgIpc) is 2.14. The summed E-state index contributed by atoms with van der Waals surface area (Å²) >= 11 is 0. The molecule has 1 aromatic rings. The van der Waals surface area contributed by atoms with Gasteiger partial charge in [0.2, 0.25) is 5.89 Å². The molecule has 0 aliphatic carbocycles. The Labute approximate surface area is 48.5 Å². The van der Waals surface area contributed by atoms with Gasteiger partial charge in [-0.3, -0.25) is 0 Å². The second kappa shape index (κ2) is 1.98.